The van der Waals surface area contributed by atoms with Gasteiger partial charge in [0.25, 0.3) is 0 Å². The zero-order valence-corrected chi connectivity index (χ0v) is 15.2. The lowest BCUT2D eigenvalue weighted by Gasteiger charge is -2.27. The first-order valence-electron chi connectivity index (χ1n) is 8.84. The number of aryl methyl sites for hydroxylation is 1. The second kappa shape index (κ2) is 7.85. The van der Waals surface area contributed by atoms with Crippen LogP contribution in [0.5, 0.6) is 0 Å². The SMILES string of the molecule is Cc1ccccc1N(c1ccccc1)c1ccc(C=CC(C)C)cc1. The third-order valence-corrected chi connectivity index (χ3v) is 4.20. The molecule has 0 atom stereocenters. The second-order valence-corrected chi connectivity index (χ2v) is 6.65. The molecule has 25 heavy (non-hydrogen) atoms. The second-order valence-electron chi connectivity index (χ2n) is 6.65. The molecule has 0 N–H and O–H groups in total. The number of benzene rings is 3. The highest BCUT2D eigenvalue weighted by Gasteiger charge is 2.13. The van der Waals surface area contributed by atoms with Gasteiger partial charge in [-0.05, 0) is 54.3 Å². The van der Waals surface area contributed by atoms with Crippen LogP contribution in [0.4, 0.5) is 17.1 Å². The fraction of sp³-hybridized carbons (Fsp3) is 0.167. The first kappa shape index (κ1) is 17.0. The van der Waals surface area contributed by atoms with Gasteiger partial charge in [-0.2, -0.15) is 0 Å². The van der Waals surface area contributed by atoms with Crippen LogP contribution in [0, 0.1) is 12.8 Å². The van der Waals surface area contributed by atoms with E-state index in [0.717, 1.165) is 0 Å². The van der Waals surface area contributed by atoms with E-state index in [2.05, 4.69) is 117 Å². The molecule has 1 nitrogen and oxygen atoms in total. The number of anilines is 3. The van der Waals surface area contributed by atoms with Gasteiger partial charge in [0.15, 0.2) is 0 Å². The third-order valence-electron chi connectivity index (χ3n) is 4.20. The summed E-state index contributed by atoms with van der Waals surface area (Å²) in [7, 11) is 0. The Labute approximate surface area is 151 Å². The molecule has 0 aromatic heterocycles. The molecule has 3 rings (SSSR count). The van der Waals surface area contributed by atoms with E-state index in [1.54, 1.807) is 0 Å². The summed E-state index contributed by atoms with van der Waals surface area (Å²) >= 11 is 0. The van der Waals surface area contributed by atoms with Crippen LogP contribution < -0.4 is 4.90 Å². The topological polar surface area (TPSA) is 3.24 Å². The Morgan fingerprint density at radius 3 is 1.96 bits per heavy atom. The van der Waals surface area contributed by atoms with E-state index < -0.39 is 0 Å². The molecule has 0 heterocycles. The van der Waals surface area contributed by atoms with Gasteiger partial charge in [0.2, 0.25) is 0 Å². The molecule has 0 spiro atoms. The smallest absolute Gasteiger partial charge is 0.0490 e. The molecule has 0 saturated heterocycles. The normalized spacial score (nSPS) is 11.2. The van der Waals surface area contributed by atoms with Crippen molar-refractivity contribution < 1.29 is 0 Å². The van der Waals surface area contributed by atoms with Crippen LogP contribution >= 0.6 is 0 Å². The van der Waals surface area contributed by atoms with Crippen molar-refractivity contribution in [1.29, 1.82) is 0 Å². The highest BCUT2D eigenvalue weighted by atomic mass is 15.1. The minimum Gasteiger partial charge on any atom is -0.310 e. The summed E-state index contributed by atoms with van der Waals surface area (Å²) in [5.41, 5.74) is 6.04. The molecule has 126 valence electrons. The van der Waals surface area contributed by atoms with E-state index in [0.29, 0.717) is 5.92 Å². The van der Waals surface area contributed by atoms with Crippen molar-refractivity contribution in [2.75, 3.05) is 4.90 Å². The minimum absolute atomic E-state index is 0.562. The van der Waals surface area contributed by atoms with Crippen molar-refractivity contribution in [2.24, 2.45) is 5.92 Å². The van der Waals surface area contributed by atoms with E-state index in [1.807, 2.05) is 0 Å². The first-order chi connectivity index (χ1) is 12.1. The fourth-order valence-electron chi connectivity index (χ4n) is 2.86. The summed E-state index contributed by atoms with van der Waals surface area (Å²) in [5, 5.41) is 0. The minimum atomic E-state index is 0.562. The van der Waals surface area contributed by atoms with E-state index in [9.17, 15) is 0 Å². The molecular weight excluding hydrogens is 302 g/mol. The Hall–Kier alpha value is -2.80. The molecule has 0 bridgehead atoms. The van der Waals surface area contributed by atoms with Crippen molar-refractivity contribution >= 4 is 23.1 Å². The van der Waals surface area contributed by atoms with E-state index in [-0.39, 0.29) is 0 Å². The van der Waals surface area contributed by atoms with Crippen LogP contribution in [0.15, 0.2) is 84.9 Å². The van der Waals surface area contributed by atoms with Gasteiger partial charge in [-0.15, -0.1) is 0 Å². The lowest BCUT2D eigenvalue weighted by atomic mass is 10.1. The van der Waals surface area contributed by atoms with Crippen LogP contribution in [0.2, 0.25) is 0 Å². The molecule has 0 aliphatic heterocycles. The van der Waals surface area contributed by atoms with Gasteiger partial charge >= 0.3 is 0 Å². The average Bonchev–Trinajstić information content (AvgIpc) is 2.64. The van der Waals surface area contributed by atoms with Crippen molar-refractivity contribution in [1.82, 2.24) is 0 Å². The third kappa shape index (κ3) is 4.19. The molecule has 0 amide bonds. The molecule has 0 unspecified atom stereocenters. The molecular formula is C24H25N. The molecule has 0 fully saturated rings. The summed E-state index contributed by atoms with van der Waals surface area (Å²) in [6.45, 7) is 6.55. The molecule has 1 heteroatoms. The number of hydrogen-bond donors (Lipinski definition) is 0. The predicted molar refractivity (Wildman–Crippen MR) is 110 cm³/mol. The van der Waals surface area contributed by atoms with Crippen LogP contribution in [0.3, 0.4) is 0 Å². The van der Waals surface area contributed by atoms with Crippen molar-refractivity contribution in [2.45, 2.75) is 20.8 Å². The summed E-state index contributed by atoms with van der Waals surface area (Å²) in [6, 6.07) is 27.8. The molecule has 0 saturated carbocycles. The Bertz CT molecular complexity index is 829. The summed E-state index contributed by atoms with van der Waals surface area (Å²) in [4.78, 5) is 2.31. The maximum Gasteiger partial charge on any atom is 0.0490 e. The zero-order valence-electron chi connectivity index (χ0n) is 15.2. The molecule has 0 aliphatic rings. The maximum atomic E-state index is 2.31. The van der Waals surface area contributed by atoms with Gasteiger partial charge in [0, 0.05) is 17.1 Å². The molecule has 3 aromatic rings. The zero-order chi connectivity index (χ0) is 17.6. The van der Waals surface area contributed by atoms with Gasteiger partial charge in [-0.3, -0.25) is 0 Å². The predicted octanol–water partition coefficient (Wildman–Crippen LogP) is 7.13. The Morgan fingerprint density at radius 1 is 0.720 bits per heavy atom. The van der Waals surface area contributed by atoms with E-state index >= 15 is 0 Å². The van der Waals surface area contributed by atoms with Crippen LogP contribution in [-0.2, 0) is 0 Å². The fourth-order valence-corrected chi connectivity index (χ4v) is 2.86. The van der Waals surface area contributed by atoms with Gasteiger partial charge in [-0.25, -0.2) is 0 Å². The molecule has 3 aromatic carbocycles. The number of allylic oxidation sites excluding steroid dienone is 1. The average molecular weight is 327 g/mol. The van der Waals surface area contributed by atoms with Crippen LogP contribution in [0.1, 0.15) is 25.0 Å². The monoisotopic (exact) mass is 327 g/mol. The van der Waals surface area contributed by atoms with Gasteiger partial charge < -0.3 is 4.90 Å². The van der Waals surface area contributed by atoms with Crippen LogP contribution in [-0.4, -0.2) is 0 Å². The highest BCUT2D eigenvalue weighted by Crippen LogP contribution is 2.36. The van der Waals surface area contributed by atoms with Crippen LogP contribution in [0.25, 0.3) is 6.08 Å². The quantitative estimate of drug-likeness (QED) is 0.481. The highest BCUT2D eigenvalue weighted by molar-refractivity contribution is 5.78. The maximum absolute atomic E-state index is 2.31. The summed E-state index contributed by atoms with van der Waals surface area (Å²) < 4.78 is 0. The van der Waals surface area contributed by atoms with Gasteiger partial charge in [0.1, 0.15) is 0 Å². The van der Waals surface area contributed by atoms with E-state index in [1.165, 1.54) is 28.2 Å². The lowest BCUT2D eigenvalue weighted by Crippen LogP contribution is -2.11. The lowest BCUT2D eigenvalue weighted by molar-refractivity contribution is 0.836. The Kier molecular flexibility index (Phi) is 5.35. The Balaban J connectivity index is 2.02. The summed E-state index contributed by atoms with van der Waals surface area (Å²) in [5.74, 6) is 0.562. The first-order valence-corrected chi connectivity index (χ1v) is 8.84. The van der Waals surface area contributed by atoms with Crippen molar-refractivity contribution in [3.8, 4) is 0 Å². The van der Waals surface area contributed by atoms with E-state index in [4.69, 9.17) is 0 Å². The standard InChI is InChI=1S/C24H25N/c1-19(2)13-14-21-15-17-23(18-16-21)25(22-10-5-4-6-11-22)24-12-8-7-9-20(24)3/h4-19H,1-3H3. The number of rotatable bonds is 5. The number of para-hydroxylation sites is 2. The van der Waals surface area contributed by atoms with Gasteiger partial charge in [-0.1, -0.05) is 74.5 Å². The molecule has 0 radical (unpaired) electrons. The molecule has 0 aliphatic carbocycles. The van der Waals surface area contributed by atoms with Crippen molar-refractivity contribution in [3.63, 3.8) is 0 Å². The Morgan fingerprint density at radius 2 is 1.32 bits per heavy atom. The van der Waals surface area contributed by atoms with Crippen molar-refractivity contribution in [3.05, 3.63) is 96.1 Å². The number of nitrogens with zero attached hydrogens (tertiary/aromatic N) is 1. The van der Waals surface area contributed by atoms with Gasteiger partial charge in [0.05, 0.1) is 0 Å². The largest absolute Gasteiger partial charge is 0.310 e. The number of hydrogen-bond acceptors (Lipinski definition) is 1. The summed E-state index contributed by atoms with van der Waals surface area (Å²) in [6.07, 6.45) is 4.42.